The number of nitrogens with zero attached hydrogens (tertiary/aromatic N) is 1. The van der Waals surface area contributed by atoms with E-state index >= 15 is 0 Å². The zero-order valence-corrected chi connectivity index (χ0v) is 21.1. The molecule has 0 aliphatic carbocycles. The van der Waals surface area contributed by atoms with Crippen LogP contribution in [0.3, 0.4) is 0 Å². The van der Waals surface area contributed by atoms with E-state index in [1.54, 1.807) is 13.0 Å². The van der Waals surface area contributed by atoms with Crippen molar-refractivity contribution in [1.29, 1.82) is 0 Å². The Hall–Kier alpha value is -2.85. The third-order valence-corrected chi connectivity index (χ3v) is 6.41. The summed E-state index contributed by atoms with van der Waals surface area (Å²) in [7, 11) is 1.50. The maximum Gasteiger partial charge on any atom is 0.310 e. The average Bonchev–Trinajstić information content (AvgIpc) is 3.43. The Morgan fingerprint density at radius 1 is 1.29 bits per heavy atom. The van der Waals surface area contributed by atoms with Crippen LogP contribution in [0.4, 0.5) is 0 Å². The van der Waals surface area contributed by atoms with E-state index in [2.05, 4.69) is 10.6 Å². The zero-order chi connectivity index (χ0) is 25.7. The molecule has 0 unspecified atom stereocenters. The molecule has 11 heteroatoms. The lowest BCUT2D eigenvalue weighted by Gasteiger charge is -2.31. The molecule has 192 valence electrons. The van der Waals surface area contributed by atoms with Gasteiger partial charge in [0, 0.05) is 13.2 Å². The second-order valence-electron chi connectivity index (χ2n) is 8.86. The Morgan fingerprint density at radius 2 is 2.03 bits per heavy atom. The van der Waals surface area contributed by atoms with E-state index in [4.69, 9.17) is 25.8 Å². The molecular formula is C24H32ClN3O7. The third-order valence-electron chi connectivity index (χ3n) is 6.10. The summed E-state index contributed by atoms with van der Waals surface area (Å²) in [5, 5.41) is 5.78. The fourth-order valence-electron chi connectivity index (χ4n) is 4.27. The minimum absolute atomic E-state index is 0.00434. The molecule has 2 aliphatic rings. The molecule has 0 bridgehead atoms. The van der Waals surface area contributed by atoms with E-state index in [-0.39, 0.29) is 34.7 Å². The van der Waals surface area contributed by atoms with E-state index in [9.17, 15) is 19.2 Å². The molecular weight excluding hydrogens is 478 g/mol. The van der Waals surface area contributed by atoms with Crippen LogP contribution in [-0.4, -0.2) is 73.3 Å². The van der Waals surface area contributed by atoms with Crippen LogP contribution < -0.4 is 15.4 Å². The van der Waals surface area contributed by atoms with Gasteiger partial charge in [0.25, 0.3) is 5.91 Å². The molecule has 0 radical (unpaired) electrons. The Morgan fingerprint density at radius 3 is 2.66 bits per heavy atom. The molecule has 10 nitrogen and oxygen atoms in total. The molecule has 2 saturated heterocycles. The van der Waals surface area contributed by atoms with E-state index in [0.717, 1.165) is 0 Å². The van der Waals surface area contributed by atoms with E-state index in [1.165, 1.54) is 24.1 Å². The topological polar surface area (TPSA) is 123 Å². The number of rotatable bonds is 9. The maximum atomic E-state index is 13.5. The van der Waals surface area contributed by atoms with Gasteiger partial charge in [-0.25, -0.2) is 0 Å². The van der Waals surface area contributed by atoms with Crippen LogP contribution in [-0.2, 0) is 23.9 Å². The maximum absolute atomic E-state index is 13.5. The Bertz CT molecular complexity index is 970. The fraction of sp³-hybridized carbons (Fsp3) is 0.583. The first-order valence-corrected chi connectivity index (χ1v) is 12.1. The van der Waals surface area contributed by atoms with Crippen molar-refractivity contribution >= 4 is 35.3 Å². The van der Waals surface area contributed by atoms with Crippen molar-refractivity contribution in [3.05, 3.63) is 28.8 Å². The summed E-state index contributed by atoms with van der Waals surface area (Å²) in [5.74, 6) is -1.41. The van der Waals surface area contributed by atoms with Crippen molar-refractivity contribution in [2.75, 3.05) is 20.3 Å². The first kappa shape index (κ1) is 26.7. The monoisotopic (exact) mass is 509 g/mol. The van der Waals surface area contributed by atoms with Crippen LogP contribution in [0.15, 0.2) is 18.2 Å². The number of hydrogen-bond acceptors (Lipinski definition) is 7. The number of benzene rings is 1. The summed E-state index contributed by atoms with van der Waals surface area (Å²) in [5.41, 5.74) is 0.217. The van der Waals surface area contributed by atoms with Crippen molar-refractivity contribution < 1.29 is 33.4 Å². The number of hydrogen-bond donors (Lipinski definition) is 2. The molecule has 2 heterocycles. The number of ether oxygens (including phenoxy) is 3. The van der Waals surface area contributed by atoms with Gasteiger partial charge in [-0.3, -0.25) is 19.2 Å². The van der Waals surface area contributed by atoms with Crippen molar-refractivity contribution in [2.24, 2.45) is 5.92 Å². The van der Waals surface area contributed by atoms with E-state index in [0.29, 0.717) is 31.7 Å². The largest absolute Gasteiger partial charge is 0.497 e. The Labute approximate surface area is 209 Å². The van der Waals surface area contributed by atoms with Crippen molar-refractivity contribution in [3.63, 3.8) is 0 Å². The van der Waals surface area contributed by atoms with Gasteiger partial charge in [-0.1, -0.05) is 25.4 Å². The minimum atomic E-state index is -0.860. The lowest BCUT2D eigenvalue weighted by molar-refractivity contribution is -0.164. The lowest BCUT2D eigenvalue weighted by Crippen LogP contribution is -2.56. The number of methoxy groups -OCH3 is 1. The van der Waals surface area contributed by atoms with E-state index in [1.807, 2.05) is 13.8 Å². The number of esters is 1. The van der Waals surface area contributed by atoms with Gasteiger partial charge in [-0.2, -0.15) is 0 Å². The highest BCUT2D eigenvalue weighted by Crippen LogP contribution is 2.25. The molecule has 0 saturated carbocycles. The van der Waals surface area contributed by atoms with Gasteiger partial charge in [0.2, 0.25) is 18.1 Å². The molecule has 35 heavy (non-hydrogen) atoms. The van der Waals surface area contributed by atoms with Gasteiger partial charge in [0.15, 0.2) is 0 Å². The van der Waals surface area contributed by atoms with Crippen LogP contribution >= 0.6 is 11.6 Å². The standard InChI is InChI=1S/C24H32ClN3O7/c1-5-34-24-17(12-19(29)35-24)26-22(31)18-7-6-10-28(18)23(32)20(13(2)3)27-21(30)15-9-8-14(33-4)11-16(15)25/h8-9,11,13,17-18,20,24H,5-7,10,12H2,1-4H3,(H,26,31)(H,27,30)/t17-,18-,20-,24+/m0/s1. The van der Waals surface area contributed by atoms with Crippen LogP contribution in [0.25, 0.3) is 0 Å². The number of amides is 3. The highest BCUT2D eigenvalue weighted by atomic mass is 35.5. The summed E-state index contributed by atoms with van der Waals surface area (Å²) in [6, 6.07) is 2.47. The first-order chi connectivity index (χ1) is 16.7. The predicted octanol–water partition coefficient (Wildman–Crippen LogP) is 1.89. The number of cyclic esters (lactones) is 1. The Kier molecular flexibility index (Phi) is 8.96. The van der Waals surface area contributed by atoms with Gasteiger partial charge in [-0.05, 0) is 43.9 Å². The van der Waals surface area contributed by atoms with Gasteiger partial charge in [0.1, 0.15) is 23.9 Å². The first-order valence-electron chi connectivity index (χ1n) is 11.7. The summed E-state index contributed by atoms with van der Waals surface area (Å²) < 4.78 is 15.6. The summed E-state index contributed by atoms with van der Waals surface area (Å²) in [6.45, 7) is 6.11. The highest BCUT2D eigenvalue weighted by Gasteiger charge is 2.42. The lowest BCUT2D eigenvalue weighted by atomic mass is 10.0. The molecule has 2 N–H and O–H groups in total. The zero-order valence-electron chi connectivity index (χ0n) is 20.3. The number of likely N-dealkylation sites (tertiary alicyclic amines) is 1. The molecule has 3 amide bonds. The number of nitrogens with one attached hydrogen (secondary N) is 2. The van der Waals surface area contributed by atoms with Crippen molar-refractivity contribution in [3.8, 4) is 5.75 Å². The molecule has 2 fully saturated rings. The van der Waals surface area contributed by atoms with Gasteiger partial charge in [-0.15, -0.1) is 0 Å². The summed E-state index contributed by atoms with van der Waals surface area (Å²) in [6.07, 6.45) is 0.271. The van der Waals surface area contributed by atoms with Crippen LogP contribution in [0, 0.1) is 5.92 Å². The van der Waals surface area contributed by atoms with Crippen LogP contribution in [0.2, 0.25) is 5.02 Å². The Balaban J connectivity index is 1.70. The SMILES string of the molecule is CCO[C@@H]1OC(=O)C[C@@H]1NC(=O)[C@@H]1CCCN1C(=O)[C@@H](NC(=O)c1ccc(OC)cc1Cl)C(C)C. The second kappa shape index (κ2) is 11.7. The second-order valence-corrected chi connectivity index (χ2v) is 9.27. The quantitative estimate of drug-likeness (QED) is 0.487. The van der Waals surface area contributed by atoms with Crippen molar-refractivity contribution in [1.82, 2.24) is 15.5 Å². The third kappa shape index (κ3) is 6.24. The number of halogens is 1. The van der Waals surface area contributed by atoms with Gasteiger partial charge < -0.3 is 29.7 Å². The van der Waals surface area contributed by atoms with E-state index < -0.39 is 36.3 Å². The average molecular weight is 510 g/mol. The highest BCUT2D eigenvalue weighted by molar-refractivity contribution is 6.34. The molecule has 2 aliphatic heterocycles. The van der Waals surface area contributed by atoms with Crippen LogP contribution in [0.1, 0.15) is 50.4 Å². The molecule has 1 aromatic carbocycles. The molecule has 1 aromatic rings. The fourth-order valence-corrected chi connectivity index (χ4v) is 4.53. The molecule has 3 rings (SSSR count). The van der Waals surface area contributed by atoms with Gasteiger partial charge >= 0.3 is 5.97 Å². The minimum Gasteiger partial charge on any atom is -0.497 e. The summed E-state index contributed by atoms with van der Waals surface area (Å²) in [4.78, 5) is 52.7. The number of carbonyl (C=O) groups excluding carboxylic acids is 4. The summed E-state index contributed by atoms with van der Waals surface area (Å²) >= 11 is 6.23. The van der Waals surface area contributed by atoms with Crippen molar-refractivity contribution in [2.45, 2.75) is 64.4 Å². The molecule has 0 spiro atoms. The number of carbonyl (C=O) groups is 4. The van der Waals surface area contributed by atoms with Crippen LogP contribution in [0.5, 0.6) is 5.75 Å². The normalized spacial score (nSPS) is 22.6. The molecule has 4 atom stereocenters. The predicted molar refractivity (Wildman–Crippen MR) is 127 cm³/mol. The van der Waals surface area contributed by atoms with Gasteiger partial charge in [0.05, 0.1) is 24.1 Å². The smallest absolute Gasteiger partial charge is 0.310 e. The molecule has 0 aromatic heterocycles.